The van der Waals surface area contributed by atoms with Gasteiger partial charge in [-0.3, -0.25) is 4.79 Å². The highest BCUT2D eigenvalue weighted by molar-refractivity contribution is 5.69. The third-order valence-electron chi connectivity index (χ3n) is 6.76. The molecule has 1 N–H and O–H groups in total. The van der Waals surface area contributed by atoms with Crippen LogP contribution in [-0.4, -0.2) is 17.7 Å². The lowest BCUT2D eigenvalue weighted by Gasteiger charge is -2.24. The van der Waals surface area contributed by atoms with Crippen LogP contribution in [0.2, 0.25) is 0 Å². The molecular formula is C31H54O3. The predicted molar refractivity (Wildman–Crippen MR) is 146 cm³/mol. The minimum absolute atomic E-state index is 0.115. The SMILES string of the molecule is CCCCCCCCCCCCCCCOC(=O)CCc1cc(C(C)C)c(O)c(C(C)(C)C)c1. The maximum Gasteiger partial charge on any atom is 0.306 e. The van der Waals surface area contributed by atoms with Crippen molar-refractivity contribution in [2.45, 2.75) is 149 Å². The predicted octanol–water partition coefficient (Wildman–Crippen LogP) is 9.38. The number of rotatable bonds is 18. The summed E-state index contributed by atoms with van der Waals surface area (Å²) in [7, 11) is 0. The summed E-state index contributed by atoms with van der Waals surface area (Å²) in [6, 6.07) is 4.11. The van der Waals surface area contributed by atoms with Crippen molar-refractivity contribution in [3.8, 4) is 5.75 Å². The monoisotopic (exact) mass is 474 g/mol. The molecule has 0 unspecified atom stereocenters. The summed E-state index contributed by atoms with van der Waals surface area (Å²) < 4.78 is 5.47. The number of benzene rings is 1. The Labute approximate surface area is 211 Å². The Balaban J connectivity index is 2.18. The quantitative estimate of drug-likeness (QED) is 0.170. The fourth-order valence-electron chi connectivity index (χ4n) is 4.50. The van der Waals surface area contributed by atoms with E-state index in [0.717, 1.165) is 29.5 Å². The fraction of sp³-hybridized carbons (Fsp3) is 0.774. The van der Waals surface area contributed by atoms with Crippen molar-refractivity contribution in [1.82, 2.24) is 0 Å². The number of esters is 1. The number of aromatic hydroxyl groups is 1. The Hall–Kier alpha value is -1.51. The third-order valence-corrected chi connectivity index (χ3v) is 6.76. The number of carbonyl (C=O) groups is 1. The molecule has 0 spiro atoms. The van der Waals surface area contributed by atoms with Crippen molar-refractivity contribution in [1.29, 1.82) is 0 Å². The second-order valence-corrected chi connectivity index (χ2v) is 11.4. The van der Waals surface area contributed by atoms with Gasteiger partial charge in [-0.15, -0.1) is 0 Å². The summed E-state index contributed by atoms with van der Waals surface area (Å²) in [6.45, 7) is 13.3. The van der Waals surface area contributed by atoms with E-state index in [2.05, 4.69) is 53.7 Å². The van der Waals surface area contributed by atoms with Crippen LogP contribution in [-0.2, 0) is 21.4 Å². The molecule has 0 heterocycles. The van der Waals surface area contributed by atoms with Gasteiger partial charge in [0.05, 0.1) is 6.61 Å². The number of hydrogen-bond donors (Lipinski definition) is 1. The molecule has 0 radical (unpaired) electrons. The van der Waals surface area contributed by atoms with E-state index in [9.17, 15) is 9.90 Å². The molecule has 0 atom stereocenters. The van der Waals surface area contributed by atoms with Gasteiger partial charge in [0.2, 0.25) is 0 Å². The number of aryl methyl sites for hydroxylation is 1. The zero-order chi connectivity index (χ0) is 25.4. The average Bonchev–Trinajstić information content (AvgIpc) is 2.77. The standard InChI is InChI=1S/C31H54O3/c1-7-8-9-10-11-12-13-14-15-16-17-18-19-22-34-29(32)21-20-26-23-27(25(2)3)30(33)28(24-26)31(4,5)6/h23-25,33H,7-22H2,1-6H3. The van der Waals surface area contributed by atoms with Crippen LogP contribution in [0.4, 0.5) is 0 Å². The maximum atomic E-state index is 12.2. The molecule has 0 aromatic heterocycles. The van der Waals surface area contributed by atoms with E-state index in [1.54, 1.807) is 0 Å². The fourth-order valence-corrected chi connectivity index (χ4v) is 4.50. The van der Waals surface area contributed by atoms with Gasteiger partial charge in [0.15, 0.2) is 0 Å². The van der Waals surface area contributed by atoms with Crippen LogP contribution in [0.25, 0.3) is 0 Å². The maximum absolute atomic E-state index is 12.2. The molecule has 1 rings (SSSR count). The number of phenols is 1. The molecule has 196 valence electrons. The first kappa shape index (κ1) is 30.5. The van der Waals surface area contributed by atoms with E-state index in [1.807, 2.05) is 0 Å². The summed E-state index contributed by atoms with van der Waals surface area (Å²) in [6.07, 6.45) is 18.2. The van der Waals surface area contributed by atoms with Crippen molar-refractivity contribution < 1.29 is 14.6 Å². The molecule has 3 nitrogen and oxygen atoms in total. The minimum Gasteiger partial charge on any atom is -0.507 e. The Morgan fingerprint density at radius 3 is 1.82 bits per heavy atom. The summed E-state index contributed by atoms with van der Waals surface area (Å²) in [5, 5.41) is 10.7. The van der Waals surface area contributed by atoms with Crippen LogP contribution < -0.4 is 0 Å². The summed E-state index contributed by atoms with van der Waals surface area (Å²) in [5.74, 6) is 0.523. The van der Waals surface area contributed by atoms with Crippen molar-refractivity contribution >= 4 is 5.97 Å². The molecule has 0 saturated carbocycles. The Morgan fingerprint density at radius 2 is 1.35 bits per heavy atom. The largest absolute Gasteiger partial charge is 0.507 e. The van der Waals surface area contributed by atoms with Crippen molar-refractivity contribution in [2.24, 2.45) is 0 Å². The third kappa shape index (κ3) is 12.8. The van der Waals surface area contributed by atoms with Gasteiger partial charge in [-0.25, -0.2) is 0 Å². The first-order chi connectivity index (χ1) is 16.2. The molecule has 0 fully saturated rings. The summed E-state index contributed by atoms with van der Waals surface area (Å²) in [4.78, 5) is 12.2. The van der Waals surface area contributed by atoms with E-state index in [1.165, 1.54) is 70.6 Å². The van der Waals surface area contributed by atoms with Gasteiger partial charge in [0.25, 0.3) is 0 Å². The van der Waals surface area contributed by atoms with Gasteiger partial charge in [-0.2, -0.15) is 0 Å². The molecule has 0 aliphatic carbocycles. The van der Waals surface area contributed by atoms with Crippen molar-refractivity contribution in [3.05, 3.63) is 28.8 Å². The summed E-state index contributed by atoms with van der Waals surface area (Å²) >= 11 is 0. The zero-order valence-corrected chi connectivity index (χ0v) is 23.3. The van der Waals surface area contributed by atoms with Gasteiger partial charge in [0, 0.05) is 6.42 Å². The minimum atomic E-state index is -0.140. The number of hydrogen-bond acceptors (Lipinski definition) is 3. The Morgan fingerprint density at radius 1 is 0.853 bits per heavy atom. The van der Waals surface area contributed by atoms with Gasteiger partial charge >= 0.3 is 5.97 Å². The molecular weight excluding hydrogens is 420 g/mol. The van der Waals surface area contributed by atoms with Crippen LogP contribution >= 0.6 is 0 Å². The van der Waals surface area contributed by atoms with E-state index in [4.69, 9.17) is 4.74 Å². The highest BCUT2D eigenvalue weighted by atomic mass is 16.5. The first-order valence-electron chi connectivity index (χ1n) is 14.2. The molecule has 34 heavy (non-hydrogen) atoms. The molecule has 1 aromatic rings. The van der Waals surface area contributed by atoms with Crippen LogP contribution in [0.15, 0.2) is 12.1 Å². The van der Waals surface area contributed by atoms with E-state index >= 15 is 0 Å². The highest BCUT2D eigenvalue weighted by Gasteiger charge is 2.22. The van der Waals surface area contributed by atoms with E-state index in [0.29, 0.717) is 25.2 Å². The number of phenolic OH excluding ortho intramolecular Hbond substituents is 1. The number of unbranched alkanes of at least 4 members (excludes halogenated alkanes) is 12. The molecule has 0 bridgehead atoms. The van der Waals surface area contributed by atoms with Crippen LogP contribution in [0.5, 0.6) is 5.75 Å². The van der Waals surface area contributed by atoms with Gasteiger partial charge in [0.1, 0.15) is 5.75 Å². The van der Waals surface area contributed by atoms with Crippen LogP contribution in [0.3, 0.4) is 0 Å². The number of carbonyl (C=O) groups excluding carboxylic acids is 1. The molecule has 0 aliphatic heterocycles. The van der Waals surface area contributed by atoms with Crippen LogP contribution in [0.1, 0.15) is 154 Å². The normalized spacial score (nSPS) is 11.9. The zero-order valence-electron chi connectivity index (χ0n) is 23.3. The number of ether oxygens (including phenoxy) is 1. The van der Waals surface area contributed by atoms with Gasteiger partial charge in [-0.05, 0) is 40.9 Å². The van der Waals surface area contributed by atoms with Gasteiger partial charge in [-0.1, -0.05) is 131 Å². The van der Waals surface area contributed by atoms with E-state index in [-0.39, 0.29) is 17.3 Å². The lowest BCUT2D eigenvalue weighted by Crippen LogP contribution is -2.14. The molecule has 1 aromatic carbocycles. The lowest BCUT2D eigenvalue weighted by atomic mass is 9.82. The average molecular weight is 475 g/mol. The van der Waals surface area contributed by atoms with Gasteiger partial charge < -0.3 is 9.84 Å². The topological polar surface area (TPSA) is 46.5 Å². The lowest BCUT2D eigenvalue weighted by molar-refractivity contribution is -0.143. The Bertz CT molecular complexity index is 685. The Kier molecular flexibility index (Phi) is 15.3. The molecule has 3 heteroatoms. The second kappa shape index (κ2) is 17.0. The van der Waals surface area contributed by atoms with E-state index < -0.39 is 0 Å². The van der Waals surface area contributed by atoms with Crippen molar-refractivity contribution in [3.63, 3.8) is 0 Å². The summed E-state index contributed by atoms with van der Waals surface area (Å²) in [5.41, 5.74) is 2.87. The van der Waals surface area contributed by atoms with Crippen molar-refractivity contribution in [2.75, 3.05) is 6.61 Å². The van der Waals surface area contributed by atoms with Crippen LogP contribution in [0, 0.1) is 0 Å². The molecule has 0 aliphatic rings. The second-order valence-electron chi connectivity index (χ2n) is 11.4. The molecule has 0 amide bonds. The first-order valence-corrected chi connectivity index (χ1v) is 14.2. The molecule has 0 saturated heterocycles. The smallest absolute Gasteiger partial charge is 0.306 e. The highest BCUT2D eigenvalue weighted by Crippen LogP contribution is 2.37.